The van der Waals surface area contributed by atoms with Crippen LogP contribution in [0.1, 0.15) is 33.5 Å². The van der Waals surface area contributed by atoms with Gasteiger partial charge in [-0.3, -0.25) is 9.59 Å². The molecule has 3 fully saturated rings. The Morgan fingerprint density at radius 1 is 1.25 bits per heavy atom. The monoisotopic (exact) mass is 447 g/mol. The van der Waals surface area contributed by atoms with Crippen LogP contribution in [0.3, 0.4) is 0 Å². The summed E-state index contributed by atoms with van der Waals surface area (Å²) in [4.78, 5) is 51.4. The van der Waals surface area contributed by atoms with Crippen molar-refractivity contribution in [2.24, 2.45) is 0 Å². The molecule has 3 aliphatic rings. The van der Waals surface area contributed by atoms with E-state index in [1.807, 2.05) is 0 Å². The van der Waals surface area contributed by atoms with Crippen LogP contribution in [0.25, 0.3) is 0 Å². The number of carbonyl (C=O) groups is 4. The van der Waals surface area contributed by atoms with Gasteiger partial charge in [-0.25, -0.2) is 9.59 Å². The number of imide groups is 1. The van der Waals surface area contributed by atoms with Crippen LogP contribution in [-0.2, 0) is 19.2 Å². The first-order chi connectivity index (χ1) is 12.7. The fourth-order valence-electron chi connectivity index (χ4n) is 3.33. The molecule has 0 radical (unpaired) electrons. The Kier molecular flexibility index (Phi) is 8.06. The maximum Gasteiger partial charge on any atom is 1.00 e. The van der Waals surface area contributed by atoms with Crippen LogP contribution in [0.15, 0.2) is 0 Å². The molecule has 0 saturated carbocycles. The minimum Gasteiger partial charge on any atom is -1.00 e. The molecule has 0 aliphatic carbocycles. The number of nitrogens with one attached hydrogen (secondary N) is 2. The molecule has 0 aromatic carbocycles. The van der Waals surface area contributed by atoms with E-state index in [9.17, 15) is 19.2 Å². The van der Waals surface area contributed by atoms with Crippen molar-refractivity contribution in [3.8, 4) is 0 Å². The summed E-state index contributed by atoms with van der Waals surface area (Å²) in [6.07, 6.45) is 1.33. The number of unbranched alkanes of at least 4 members (excludes halogenated alkanes) is 1. The zero-order chi connectivity index (χ0) is 19.8. The van der Waals surface area contributed by atoms with Crippen molar-refractivity contribution in [1.82, 2.24) is 15.7 Å². The molecule has 154 valence electrons. The topological polar surface area (TPSA) is 166 Å². The van der Waals surface area contributed by atoms with Crippen LogP contribution in [0.4, 0.5) is 4.79 Å². The summed E-state index contributed by atoms with van der Waals surface area (Å²) in [7, 11) is -4.24. The molecular weight excluding hydrogens is 425 g/mol. The van der Waals surface area contributed by atoms with E-state index in [-0.39, 0.29) is 65.8 Å². The number of nitrogens with zero attached hydrogens (tertiary/aromatic N) is 1. The maximum absolute atomic E-state index is 11.9. The van der Waals surface area contributed by atoms with Gasteiger partial charge in [0.1, 0.15) is 5.25 Å². The van der Waals surface area contributed by atoms with E-state index >= 15 is 0 Å². The second kappa shape index (κ2) is 9.51. The van der Waals surface area contributed by atoms with Crippen molar-refractivity contribution in [2.45, 2.75) is 54.7 Å². The third kappa shape index (κ3) is 5.33. The number of carbonyl (C=O) groups excluding carboxylic acids is 4. The van der Waals surface area contributed by atoms with Crippen LogP contribution < -0.4 is 40.2 Å². The number of fused-ring (bicyclic) bond motifs is 1. The van der Waals surface area contributed by atoms with Gasteiger partial charge in [0.15, 0.2) is 0 Å². The van der Waals surface area contributed by atoms with Crippen LogP contribution >= 0.6 is 22.6 Å². The molecule has 11 nitrogen and oxygen atoms in total. The first kappa shape index (κ1) is 23.7. The summed E-state index contributed by atoms with van der Waals surface area (Å²) >= 11 is 1.76. The normalized spacial score (nSPS) is 29.8. The Morgan fingerprint density at radius 2 is 1.96 bits per heavy atom. The predicted octanol–water partition coefficient (Wildman–Crippen LogP) is -2.36. The quantitative estimate of drug-likeness (QED) is 0.124. The summed E-state index contributed by atoms with van der Waals surface area (Å²) in [6, 6.07) is 0.0671. The molecule has 0 aromatic rings. The molecule has 2 unspecified atom stereocenters. The Bertz CT molecular complexity index is 667. The molecule has 3 heterocycles. The Hall–Kier alpha value is -0.540. The van der Waals surface area contributed by atoms with Crippen molar-refractivity contribution >= 4 is 46.4 Å². The molecule has 4 amide bonds. The number of hydrogen-bond donors (Lipinski definition) is 5. The van der Waals surface area contributed by atoms with Crippen molar-refractivity contribution in [1.29, 1.82) is 0 Å². The van der Waals surface area contributed by atoms with E-state index in [0.29, 0.717) is 12.8 Å². The molecule has 14 heteroatoms. The zero-order valence-corrected chi connectivity index (χ0v) is 18.8. The summed E-state index contributed by atoms with van der Waals surface area (Å²) in [5.74, 6) is -2.00. The first-order valence-corrected chi connectivity index (χ1v) is 11.0. The smallest absolute Gasteiger partial charge is 1.00 e. The van der Waals surface area contributed by atoms with E-state index in [1.165, 1.54) is 0 Å². The van der Waals surface area contributed by atoms with Gasteiger partial charge in [0.25, 0.3) is 11.8 Å². The minimum atomic E-state index is -4.24. The Balaban J connectivity index is 0.00000210. The van der Waals surface area contributed by atoms with Gasteiger partial charge in [0, 0.05) is 17.4 Å². The summed E-state index contributed by atoms with van der Waals surface area (Å²) in [6.45, 7) is 0. The number of urea groups is 1. The molecule has 4 atom stereocenters. The summed E-state index contributed by atoms with van der Waals surface area (Å²) in [5.41, 5.74) is 0. The molecular formula is C14H22N3NaO8S2. The molecule has 28 heavy (non-hydrogen) atoms. The molecule has 0 bridgehead atoms. The molecule has 5 N–H and O–H groups in total. The Morgan fingerprint density at radius 3 is 2.61 bits per heavy atom. The van der Waals surface area contributed by atoms with E-state index < -0.39 is 40.3 Å². The molecule has 0 spiro atoms. The first-order valence-electron chi connectivity index (χ1n) is 8.42. The van der Waals surface area contributed by atoms with Crippen LogP contribution in [0.2, 0.25) is 0 Å². The predicted molar refractivity (Wildman–Crippen MR) is 96.9 cm³/mol. The Labute approximate surface area is 190 Å². The van der Waals surface area contributed by atoms with E-state index in [1.54, 1.807) is 11.8 Å². The maximum atomic E-state index is 11.9. The van der Waals surface area contributed by atoms with E-state index in [0.717, 1.165) is 12.2 Å². The fraction of sp³-hybridized carbons (Fsp3) is 0.714. The van der Waals surface area contributed by atoms with Crippen molar-refractivity contribution in [2.75, 3.05) is 5.75 Å². The van der Waals surface area contributed by atoms with Gasteiger partial charge in [0.2, 0.25) is 0 Å². The number of thioether (sulfide) groups is 1. The largest absolute Gasteiger partial charge is 1.00 e. The van der Waals surface area contributed by atoms with Crippen molar-refractivity contribution in [3.05, 3.63) is 0 Å². The third-order valence-corrected chi connectivity index (χ3v) is 7.34. The standard InChI is InChI=1S/C14H21N3O8S2.Na.H/c18-10-5-9(27(22,23)24)13(20)17(10)25-11(19)4-2-1-3-8-12-7(6-26-8)15-14(21)16-12;;/h7-9,12,22-24H,1-6H2,(H2,15,16,21);;/q;+1;-1/t7-,8?,9?,12-;;/m0../s1. The molecule has 0 aromatic heterocycles. The zero-order valence-electron chi connectivity index (χ0n) is 16.2. The van der Waals surface area contributed by atoms with Gasteiger partial charge < -0.3 is 30.6 Å². The van der Waals surface area contributed by atoms with Crippen LogP contribution in [0, 0.1) is 0 Å². The minimum absolute atomic E-state index is 0. The summed E-state index contributed by atoms with van der Waals surface area (Å²) in [5, 5.41) is 4.48. The fourth-order valence-corrected chi connectivity index (χ4v) is 5.61. The second-order valence-electron chi connectivity index (χ2n) is 6.61. The number of rotatable bonds is 7. The third-order valence-electron chi connectivity index (χ3n) is 4.69. The molecule has 3 rings (SSSR count). The number of hydroxylamine groups is 2. The van der Waals surface area contributed by atoms with Gasteiger partial charge in [0.05, 0.1) is 29.4 Å². The van der Waals surface area contributed by atoms with Crippen molar-refractivity contribution in [3.63, 3.8) is 0 Å². The van der Waals surface area contributed by atoms with Crippen LogP contribution in [0.5, 0.6) is 0 Å². The molecule has 3 aliphatic heterocycles. The van der Waals surface area contributed by atoms with Gasteiger partial charge >= 0.3 is 41.6 Å². The van der Waals surface area contributed by atoms with Gasteiger partial charge in [-0.05, 0) is 12.8 Å². The van der Waals surface area contributed by atoms with Crippen LogP contribution in [-0.4, -0.2) is 70.9 Å². The average molecular weight is 447 g/mol. The van der Waals surface area contributed by atoms with Gasteiger partial charge in [-0.15, -0.1) is 5.06 Å². The van der Waals surface area contributed by atoms with Gasteiger partial charge in [-0.1, -0.05) is 6.42 Å². The second-order valence-corrected chi connectivity index (χ2v) is 9.57. The SMILES string of the molecule is O=C1N[C@H]2CSC(CCCCC(=O)ON3C(=O)CC(S(O)(O)O)C3=O)[C@H]2N1.[H-].[Na+]. The average Bonchev–Trinajstić information content (AvgIpc) is 3.19. The van der Waals surface area contributed by atoms with Crippen molar-refractivity contribution < 1.29 is 68.7 Å². The number of hydrogen-bond acceptors (Lipinski definition) is 9. The summed E-state index contributed by atoms with van der Waals surface area (Å²) < 4.78 is 27.4. The van der Waals surface area contributed by atoms with E-state index in [4.69, 9.17) is 18.5 Å². The molecule has 3 saturated heterocycles. The van der Waals surface area contributed by atoms with Gasteiger partial charge in [-0.2, -0.15) is 11.8 Å². The van der Waals surface area contributed by atoms with E-state index in [2.05, 4.69) is 10.6 Å². The number of amides is 4.